The normalized spacial score (nSPS) is 17.4. The maximum atomic E-state index is 11.8. The van der Waals surface area contributed by atoms with Crippen molar-refractivity contribution in [1.29, 1.82) is 0 Å². The molecule has 1 heterocycles. The van der Waals surface area contributed by atoms with Gasteiger partial charge in [-0.25, -0.2) is 0 Å². The van der Waals surface area contributed by atoms with E-state index in [1.54, 1.807) is 0 Å². The molecular weight excluding hydrogens is 232 g/mol. The van der Waals surface area contributed by atoms with Gasteiger partial charge in [0.1, 0.15) is 6.61 Å². The highest BCUT2D eigenvalue weighted by atomic mass is 16.5. The molecule has 0 atom stereocenters. The van der Waals surface area contributed by atoms with Gasteiger partial charge in [0.15, 0.2) is 0 Å². The third-order valence-electron chi connectivity index (χ3n) is 3.02. The minimum atomic E-state index is 0.105. The van der Waals surface area contributed by atoms with Gasteiger partial charge in [0.05, 0.1) is 12.7 Å². The summed E-state index contributed by atoms with van der Waals surface area (Å²) in [7, 11) is 0. The number of piperazine rings is 1. The number of carbonyl (C=O) groups excluding carboxylic acids is 1. The SMILES string of the molecule is CCOCCN1CCN(C(=O)COC(C)C)CC1. The molecule has 0 bridgehead atoms. The van der Waals surface area contributed by atoms with Crippen LogP contribution in [-0.2, 0) is 14.3 Å². The van der Waals surface area contributed by atoms with Crippen LogP contribution < -0.4 is 0 Å². The van der Waals surface area contributed by atoms with Crippen molar-refractivity contribution in [3.8, 4) is 0 Å². The highest BCUT2D eigenvalue weighted by Crippen LogP contribution is 2.03. The van der Waals surface area contributed by atoms with Gasteiger partial charge in [-0.2, -0.15) is 0 Å². The Morgan fingerprint density at radius 1 is 1.22 bits per heavy atom. The van der Waals surface area contributed by atoms with Crippen LogP contribution in [0.15, 0.2) is 0 Å². The van der Waals surface area contributed by atoms with Crippen LogP contribution in [0.3, 0.4) is 0 Å². The van der Waals surface area contributed by atoms with Gasteiger partial charge >= 0.3 is 0 Å². The maximum absolute atomic E-state index is 11.8. The lowest BCUT2D eigenvalue weighted by atomic mass is 10.3. The summed E-state index contributed by atoms with van der Waals surface area (Å²) in [6.45, 7) is 12.1. The van der Waals surface area contributed by atoms with E-state index in [0.29, 0.717) is 0 Å². The molecule has 0 aromatic rings. The van der Waals surface area contributed by atoms with Crippen LogP contribution in [0.1, 0.15) is 20.8 Å². The van der Waals surface area contributed by atoms with Crippen molar-refractivity contribution >= 4 is 5.91 Å². The summed E-state index contributed by atoms with van der Waals surface area (Å²) < 4.78 is 10.7. The van der Waals surface area contributed by atoms with Crippen molar-refractivity contribution in [3.05, 3.63) is 0 Å². The standard InChI is InChI=1S/C13H26N2O3/c1-4-17-10-9-14-5-7-15(8-6-14)13(16)11-18-12(2)3/h12H,4-11H2,1-3H3. The minimum absolute atomic E-state index is 0.105. The Morgan fingerprint density at radius 3 is 2.44 bits per heavy atom. The molecule has 0 radical (unpaired) electrons. The molecule has 106 valence electrons. The van der Waals surface area contributed by atoms with Crippen LogP contribution in [-0.4, -0.2) is 74.4 Å². The number of hydrogen-bond donors (Lipinski definition) is 0. The van der Waals surface area contributed by atoms with Crippen molar-refractivity contribution in [3.63, 3.8) is 0 Å². The molecular formula is C13H26N2O3. The first kappa shape index (κ1) is 15.4. The molecule has 0 unspecified atom stereocenters. The largest absolute Gasteiger partial charge is 0.380 e. The fourth-order valence-corrected chi connectivity index (χ4v) is 1.89. The molecule has 0 saturated carbocycles. The zero-order valence-electron chi connectivity index (χ0n) is 11.9. The quantitative estimate of drug-likeness (QED) is 0.627. The zero-order valence-corrected chi connectivity index (χ0v) is 11.9. The number of ether oxygens (including phenoxy) is 2. The van der Waals surface area contributed by atoms with Crippen LogP contribution in [0, 0.1) is 0 Å². The van der Waals surface area contributed by atoms with Crippen LogP contribution in [0.25, 0.3) is 0 Å². The Morgan fingerprint density at radius 2 is 1.89 bits per heavy atom. The molecule has 0 N–H and O–H groups in total. The summed E-state index contributed by atoms with van der Waals surface area (Å²) >= 11 is 0. The first-order valence-electron chi connectivity index (χ1n) is 6.83. The van der Waals surface area contributed by atoms with Crippen molar-refractivity contribution in [2.24, 2.45) is 0 Å². The van der Waals surface area contributed by atoms with Gasteiger partial charge < -0.3 is 14.4 Å². The maximum Gasteiger partial charge on any atom is 0.248 e. The lowest BCUT2D eigenvalue weighted by Gasteiger charge is -2.34. The third kappa shape index (κ3) is 5.80. The van der Waals surface area contributed by atoms with E-state index < -0.39 is 0 Å². The van der Waals surface area contributed by atoms with Crippen molar-refractivity contribution < 1.29 is 14.3 Å². The molecule has 1 aliphatic heterocycles. The van der Waals surface area contributed by atoms with Gasteiger partial charge in [0.2, 0.25) is 5.91 Å². The number of hydrogen-bond acceptors (Lipinski definition) is 4. The molecule has 1 amide bonds. The highest BCUT2D eigenvalue weighted by molar-refractivity contribution is 5.77. The second-order valence-corrected chi connectivity index (χ2v) is 4.78. The Hall–Kier alpha value is -0.650. The average molecular weight is 258 g/mol. The monoisotopic (exact) mass is 258 g/mol. The number of rotatable bonds is 7. The fourth-order valence-electron chi connectivity index (χ4n) is 1.89. The highest BCUT2D eigenvalue weighted by Gasteiger charge is 2.20. The molecule has 18 heavy (non-hydrogen) atoms. The molecule has 1 fully saturated rings. The van der Waals surface area contributed by atoms with Crippen molar-refractivity contribution in [1.82, 2.24) is 9.80 Å². The van der Waals surface area contributed by atoms with Gasteiger partial charge in [0.25, 0.3) is 0 Å². The van der Waals surface area contributed by atoms with Crippen molar-refractivity contribution in [2.75, 3.05) is 52.5 Å². The number of nitrogens with zero attached hydrogens (tertiary/aromatic N) is 2. The van der Waals surface area contributed by atoms with Gasteiger partial charge in [-0.15, -0.1) is 0 Å². The molecule has 0 aromatic heterocycles. The van der Waals surface area contributed by atoms with Gasteiger partial charge in [-0.05, 0) is 20.8 Å². The Kier molecular flexibility index (Phi) is 7.23. The average Bonchev–Trinajstić information content (AvgIpc) is 2.37. The van der Waals surface area contributed by atoms with E-state index in [1.807, 2.05) is 25.7 Å². The van der Waals surface area contributed by atoms with E-state index in [-0.39, 0.29) is 18.6 Å². The van der Waals surface area contributed by atoms with E-state index in [4.69, 9.17) is 9.47 Å². The van der Waals surface area contributed by atoms with Crippen molar-refractivity contribution in [2.45, 2.75) is 26.9 Å². The summed E-state index contributed by atoms with van der Waals surface area (Å²) in [5.41, 5.74) is 0. The molecule has 1 rings (SSSR count). The minimum Gasteiger partial charge on any atom is -0.380 e. The molecule has 5 heteroatoms. The van der Waals surface area contributed by atoms with Gasteiger partial charge in [0, 0.05) is 39.3 Å². The number of amides is 1. The third-order valence-corrected chi connectivity index (χ3v) is 3.02. The molecule has 0 aromatic carbocycles. The van der Waals surface area contributed by atoms with Gasteiger partial charge in [-0.3, -0.25) is 9.69 Å². The molecule has 1 saturated heterocycles. The van der Waals surface area contributed by atoms with E-state index in [9.17, 15) is 4.79 Å². The van der Waals surface area contributed by atoms with Crippen LogP contribution in [0.4, 0.5) is 0 Å². The van der Waals surface area contributed by atoms with E-state index >= 15 is 0 Å². The summed E-state index contributed by atoms with van der Waals surface area (Å²) in [5.74, 6) is 0.105. The smallest absolute Gasteiger partial charge is 0.248 e. The van der Waals surface area contributed by atoms with E-state index in [0.717, 1.165) is 45.9 Å². The Balaban J connectivity index is 2.16. The topological polar surface area (TPSA) is 42.0 Å². The molecule has 0 aliphatic carbocycles. The van der Waals surface area contributed by atoms with E-state index in [1.165, 1.54) is 0 Å². The lowest BCUT2D eigenvalue weighted by Crippen LogP contribution is -2.50. The Labute approximate surface area is 110 Å². The summed E-state index contributed by atoms with van der Waals surface area (Å²) in [6, 6.07) is 0. The van der Waals surface area contributed by atoms with Gasteiger partial charge in [-0.1, -0.05) is 0 Å². The zero-order chi connectivity index (χ0) is 13.4. The predicted molar refractivity (Wildman–Crippen MR) is 70.6 cm³/mol. The lowest BCUT2D eigenvalue weighted by molar-refractivity contribution is -0.139. The second kappa shape index (κ2) is 8.45. The number of carbonyl (C=O) groups is 1. The summed E-state index contributed by atoms with van der Waals surface area (Å²) in [4.78, 5) is 16.1. The molecule has 5 nitrogen and oxygen atoms in total. The van der Waals surface area contributed by atoms with E-state index in [2.05, 4.69) is 4.90 Å². The predicted octanol–water partition coefficient (Wildman–Crippen LogP) is 0.592. The summed E-state index contributed by atoms with van der Waals surface area (Å²) in [5, 5.41) is 0. The van der Waals surface area contributed by atoms with Crippen LogP contribution in [0.5, 0.6) is 0 Å². The second-order valence-electron chi connectivity index (χ2n) is 4.78. The molecule has 1 aliphatic rings. The van der Waals surface area contributed by atoms with Crippen LogP contribution in [0.2, 0.25) is 0 Å². The van der Waals surface area contributed by atoms with Crippen LogP contribution >= 0.6 is 0 Å². The summed E-state index contributed by atoms with van der Waals surface area (Å²) in [6.07, 6.45) is 0.112. The Bertz CT molecular complexity index is 238. The fraction of sp³-hybridized carbons (Fsp3) is 0.923. The first-order valence-corrected chi connectivity index (χ1v) is 6.83. The first-order chi connectivity index (χ1) is 8.63. The molecule has 0 spiro atoms.